The Hall–Kier alpha value is -3.96. The number of para-hydroxylation sites is 1. The zero-order valence-corrected chi connectivity index (χ0v) is 22.9. The number of nitrogens with zero attached hydrogens (tertiary/aromatic N) is 6. The van der Waals surface area contributed by atoms with Crippen LogP contribution >= 0.6 is 0 Å². The highest BCUT2D eigenvalue weighted by Crippen LogP contribution is 2.35. The molecule has 0 radical (unpaired) electrons. The first kappa shape index (κ1) is 25.3. The smallest absolute Gasteiger partial charge is 0.256 e. The van der Waals surface area contributed by atoms with Crippen LogP contribution in [0.2, 0.25) is 0 Å². The zero-order valence-electron chi connectivity index (χ0n) is 22.9. The summed E-state index contributed by atoms with van der Waals surface area (Å²) in [6.07, 6.45) is 8.64. The topological polar surface area (TPSA) is 116 Å². The number of carbonyl (C=O) groups is 1. The van der Waals surface area contributed by atoms with E-state index in [2.05, 4.69) is 42.5 Å². The number of nitrogens with one attached hydrogen (secondary N) is 3. The third-order valence-corrected chi connectivity index (χ3v) is 7.87. The summed E-state index contributed by atoms with van der Waals surface area (Å²) < 4.78 is 7.02. The summed E-state index contributed by atoms with van der Waals surface area (Å²) >= 11 is 0. The molecular formula is C28H35N9O2. The molecule has 2 saturated heterocycles. The number of H-pyrrole nitrogens is 1. The molecule has 1 aromatic carbocycles. The molecule has 0 saturated carbocycles. The summed E-state index contributed by atoms with van der Waals surface area (Å²) in [5.74, 6) is 0.983. The van der Waals surface area contributed by atoms with E-state index in [1.807, 2.05) is 44.6 Å². The number of likely N-dealkylation sites (N-methyl/N-ethyl adjacent to an activating group) is 1. The molecule has 4 aromatic rings. The average molecular weight is 530 g/mol. The minimum atomic E-state index is -0.0894. The fourth-order valence-electron chi connectivity index (χ4n) is 5.96. The van der Waals surface area contributed by atoms with Crippen LogP contribution in [0.15, 0.2) is 36.8 Å². The minimum absolute atomic E-state index is 0.0702. The van der Waals surface area contributed by atoms with Crippen molar-refractivity contribution in [3.63, 3.8) is 0 Å². The van der Waals surface area contributed by atoms with Gasteiger partial charge < -0.3 is 25.3 Å². The lowest BCUT2D eigenvalue weighted by Crippen LogP contribution is -2.46. The van der Waals surface area contributed by atoms with E-state index >= 15 is 0 Å². The van der Waals surface area contributed by atoms with Crippen molar-refractivity contribution < 1.29 is 9.53 Å². The van der Waals surface area contributed by atoms with E-state index in [-0.39, 0.29) is 11.9 Å². The Morgan fingerprint density at radius 2 is 2.05 bits per heavy atom. The number of fused-ring (bicyclic) bond motifs is 1. The maximum atomic E-state index is 13.5. The van der Waals surface area contributed by atoms with Crippen molar-refractivity contribution >= 4 is 34.1 Å². The molecule has 39 heavy (non-hydrogen) atoms. The lowest BCUT2D eigenvalue weighted by molar-refractivity contribution is -0.121. The van der Waals surface area contributed by atoms with Crippen LogP contribution in [0.1, 0.15) is 24.8 Å². The Kier molecular flexibility index (Phi) is 6.69. The molecule has 3 aromatic heterocycles. The van der Waals surface area contributed by atoms with Crippen LogP contribution in [0, 0.1) is 6.92 Å². The first-order chi connectivity index (χ1) is 18.9. The normalized spacial score (nSPS) is 20.1. The first-order valence-corrected chi connectivity index (χ1v) is 13.4. The summed E-state index contributed by atoms with van der Waals surface area (Å²) in [6, 6.07) is 6.34. The highest BCUT2D eigenvalue weighted by Gasteiger charge is 2.37. The molecule has 0 spiro atoms. The number of anilines is 3. The van der Waals surface area contributed by atoms with Crippen molar-refractivity contribution in [3.8, 4) is 17.1 Å². The Morgan fingerprint density at radius 3 is 2.85 bits per heavy atom. The number of carbonyl (C=O) groups excluding carboxylic acids is 1. The van der Waals surface area contributed by atoms with Crippen LogP contribution in [-0.2, 0) is 11.8 Å². The zero-order chi connectivity index (χ0) is 27.1. The van der Waals surface area contributed by atoms with Gasteiger partial charge in [0, 0.05) is 43.0 Å². The van der Waals surface area contributed by atoms with E-state index in [4.69, 9.17) is 9.72 Å². The second-order valence-corrected chi connectivity index (χ2v) is 10.6. The number of aryl methyl sites for hydroxylation is 2. The SMILES string of the molecule is COc1nn(C)cc1Nc1ncc(C)c(-c2c[nH]c3c(NC(=O)C4CCCN4[C@H]4CCN(C)C4)cccc23)n1. The van der Waals surface area contributed by atoms with Gasteiger partial charge in [0.05, 0.1) is 36.2 Å². The molecule has 2 fully saturated rings. The van der Waals surface area contributed by atoms with Gasteiger partial charge in [0.1, 0.15) is 5.69 Å². The molecule has 1 amide bonds. The fraction of sp³-hybridized carbons (Fsp3) is 0.429. The summed E-state index contributed by atoms with van der Waals surface area (Å²) in [4.78, 5) is 30.9. The lowest BCUT2D eigenvalue weighted by Gasteiger charge is -2.29. The van der Waals surface area contributed by atoms with E-state index in [0.717, 1.165) is 72.3 Å². The van der Waals surface area contributed by atoms with Gasteiger partial charge in [-0.05, 0) is 58.0 Å². The number of ether oxygens (including phenoxy) is 1. The second-order valence-electron chi connectivity index (χ2n) is 10.6. The van der Waals surface area contributed by atoms with Crippen molar-refractivity contribution in [3.05, 3.63) is 42.4 Å². The predicted octanol–water partition coefficient (Wildman–Crippen LogP) is 3.53. The van der Waals surface area contributed by atoms with Gasteiger partial charge in [-0.3, -0.25) is 14.4 Å². The van der Waals surface area contributed by atoms with Crippen molar-refractivity contribution in [2.45, 2.75) is 38.3 Å². The maximum Gasteiger partial charge on any atom is 0.256 e. The van der Waals surface area contributed by atoms with Crippen molar-refractivity contribution in [1.29, 1.82) is 0 Å². The van der Waals surface area contributed by atoms with Crippen LogP contribution in [0.3, 0.4) is 0 Å². The van der Waals surface area contributed by atoms with E-state index in [1.165, 1.54) is 0 Å². The number of aromatic amines is 1. The first-order valence-electron chi connectivity index (χ1n) is 13.4. The molecule has 0 aliphatic carbocycles. The highest BCUT2D eigenvalue weighted by atomic mass is 16.5. The predicted molar refractivity (Wildman–Crippen MR) is 151 cm³/mol. The molecule has 3 N–H and O–H groups in total. The monoisotopic (exact) mass is 529 g/mol. The summed E-state index contributed by atoms with van der Waals surface area (Å²) in [7, 11) is 5.56. The summed E-state index contributed by atoms with van der Waals surface area (Å²) in [5.41, 5.74) is 5.04. The van der Waals surface area contributed by atoms with Crippen LogP contribution in [0.5, 0.6) is 5.88 Å². The standard InChI is InChI=1S/C28H35N9O2/c1-17-13-30-28(32-22-16-36(3)34-27(22)39-4)33-24(17)20-14-29-25-19(20)7-5-8-21(25)31-26(38)23-9-6-11-37(23)18-10-12-35(2)15-18/h5,7-8,13-14,16,18,23,29H,6,9-12,15H2,1-4H3,(H,31,38)(H,30,32,33)/t18-,23?/m0/s1. The van der Waals surface area contributed by atoms with Gasteiger partial charge >= 0.3 is 0 Å². The van der Waals surface area contributed by atoms with Gasteiger partial charge in [0.2, 0.25) is 11.9 Å². The molecule has 2 aliphatic rings. The third-order valence-electron chi connectivity index (χ3n) is 7.87. The number of rotatable bonds is 7. The largest absolute Gasteiger partial charge is 0.478 e. The van der Waals surface area contributed by atoms with Gasteiger partial charge in [-0.25, -0.2) is 9.97 Å². The van der Waals surface area contributed by atoms with Gasteiger partial charge in [-0.15, -0.1) is 5.10 Å². The number of methoxy groups -OCH3 is 1. The molecule has 6 rings (SSSR count). The number of amides is 1. The van der Waals surface area contributed by atoms with Crippen molar-refractivity contribution in [2.24, 2.45) is 7.05 Å². The molecule has 5 heterocycles. The van der Waals surface area contributed by atoms with E-state index in [0.29, 0.717) is 23.6 Å². The fourth-order valence-corrected chi connectivity index (χ4v) is 5.96. The Bertz CT molecular complexity index is 1510. The summed E-state index contributed by atoms with van der Waals surface area (Å²) in [5, 5.41) is 11.7. The molecule has 2 atom stereocenters. The van der Waals surface area contributed by atoms with Gasteiger partial charge in [0.25, 0.3) is 5.88 Å². The number of likely N-dealkylation sites (tertiary alicyclic amines) is 2. The third kappa shape index (κ3) is 4.83. The lowest BCUT2D eigenvalue weighted by atomic mass is 10.1. The molecule has 11 nitrogen and oxygen atoms in total. The molecule has 0 bridgehead atoms. The second kappa shape index (κ2) is 10.3. The van der Waals surface area contributed by atoms with Gasteiger partial charge in [-0.2, -0.15) is 0 Å². The molecule has 11 heteroatoms. The van der Waals surface area contributed by atoms with Crippen LogP contribution in [0.25, 0.3) is 22.2 Å². The van der Waals surface area contributed by atoms with Crippen molar-refractivity contribution in [2.75, 3.05) is 44.4 Å². The van der Waals surface area contributed by atoms with Crippen LogP contribution < -0.4 is 15.4 Å². The van der Waals surface area contributed by atoms with E-state index in [1.54, 1.807) is 18.0 Å². The maximum absolute atomic E-state index is 13.5. The number of hydrogen-bond acceptors (Lipinski definition) is 8. The number of hydrogen-bond donors (Lipinski definition) is 3. The molecular weight excluding hydrogens is 494 g/mol. The number of benzene rings is 1. The van der Waals surface area contributed by atoms with Crippen LogP contribution in [-0.4, -0.2) is 86.3 Å². The Labute approximate surface area is 227 Å². The molecule has 204 valence electrons. The van der Waals surface area contributed by atoms with E-state index < -0.39 is 0 Å². The van der Waals surface area contributed by atoms with Gasteiger partial charge in [-0.1, -0.05) is 12.1 Å². The van der Waals surface area contributed by atoms with Crippen molar-refractivity contribution in [1.82, 2.24) is 34.5 Å². The Morgan fingerprint density at radius 1 is 1.18 bits per heavy atom. The highest BCUT2D eigenvalue weighted by molar-refractivity contribution is 6.06. The average Bonchev–Trinajstić information content (AvgIpc) is 3.71. The van der Waals surface area contributed by atoms with Gasteiger partial charge in [0.15, 0.2) is 0 Å². The van der Waals surface area contributed by atoms with Crippen LogP contribution in [0.4, 0.5) is 17.3 Å². The quantitative estimate of drug-likeness (QED) is 0.333. The minimum Gasteiger partial charge on any atom is -0.478 e. The molecule has 2 aliphatic heterocycles. The van der Waals surface area contributed by atoms with E-state index in [9.17, 15) is 4.79 Å². The molecule has 1 unspecified atom stereocenters. The summed E-state index contributed by atoms with van der Waals surface area (Å²) in [6.45, 7) is 5.10. The number of aromatic nitrogens is 5. The Balaban J connectivity index is 1.26.